The Morgan fingerprint density at radius 1 is 1.32 bits per heavy atom. The van der Waals surface area contributed by atoms with Gasteiger partial charge in [-0.25, -0.2) is 18.4 Å². The summed E-state index contributed by atoms with van der Waals surface area (Å²) in [4.78, 5) is 11.1. The first-order chi connectivity index (χ1) is 10.5. The maximum atomic E-state index is 11.8. The van der Waals surface area contributed by atoms with E-state index in [1.54, 1.807) is 25.3 Å². The van der Waals surface area contributed by atoms with E-state index in [1.807, 2.05) is 0 Å². The fourth-order valence-electron chi connectivity index (χ4n) is 2.83. The van der Waals surface area contributed by atoms with Crippen LogP contribution in [0.25, 0.3) is 10.9 Å². The number of sulfone groups is 1. The Kier molecular flexibility index (Phi) is 4.01. The second kappa shape index (κ2) is 5.81. The van der Waals surface area contributed by atoms with Crippen molar-refractivity contribution in [3.63, 3.8) is 0 Å². The van der Waals surface area contributed by atoms with Crippen LogP contribution in [0.5, 0.6) is 0 Å². The summed E-state index contributed by atoms with van der Waals surface area (Å²) in [5, 5.41) is 0.766. The van der Waals surface area contributed by atoms with Gasteiger partial charge in [0, 0.05) is 31.8 Å². The van der Waals surface area contributed by atoms with Crippen LogP contribution in [0.1, 0.15) is 12.8 Å². The third-order valence-corrected chi connectivity index (χ3v) is 5.14. The van der Waals surface area contributed by atoms with E-state index >= 15 is 0 Å². The first kappa shape index (κ1) is 15.2. The number of methoxy groups -OCH3 is 1. The van der Waals surface area contributed by atoms with E-state index < -0.39 is 9.84 Å². The monoisotopic (exact) mass is 321 g/mol. The Labute approximate surface area is 130 Å². The fraction of sp³-hybridized carbons (Fsp3) is 0.467. The normalized spacial score (nSPS) is 19.5. The second-order valence-corrected chi connectivity index (χ2v) is 7.61. The summed E-state index contributed by atoms with van der Waals surface area (Å²) < 4.78 is 29.0. The first-order valence-corrected chi connectivity index (χ1v) is 9.11. The zero-order valence-electron chi connectivity index (χ0n) is 12.7. The van der Waals surface area contributed by atoms with E-state index in [4.69, 9.17) is 4.74 Å². The molecule has 3 rings (SSSR count). The molecule has 118 valence electrons. The number of ether oxygens (including phenoxy) is 1. The molecule has 2 heterocycles. The minimum Gasteiger partial charge on any atom is -0.380 e. The van der Waals surface area contributed by atoms with Crippen molar-refractivity contribution in [2.24, 2.45) is 0 Å². The second-order valence-electron chi connectivity index (χ2n) is 5.59. The van der Waals surface area contributed by atoms with Crippen LogP contribution < -0.4 is 4.90 Å². The van der Waals surface area contributed by atoms with Gasteiger partial charge < -0.3 is 9.64 Å². The summed E-state index contributed by atoms with van der Waals surface area (Å²) >= 11 is 0. The van der Waals surface area contributed by atoms with Crippen LogP contribution in [0.4, 0.5) is 5.82 Å². The molecule has 0 amide bonds. The van der Waals surface area contributed by atoms with Gasteiger partial charge in [-0.2, -0.15) is 0 Å². The quantitative estimate of drug-likeness (QED) is 0.856. The van der Waals surface area contributed by atoms with Crippen molar-refractivity contribution < 1.29 is 13.2 Å². The summed E-state index contributed by atoms with van der Waals surface area (Å²) in [5.41, 5.74) is 0.747. The van der Waals surface area contributed by atoms with Gasteiger partial charge in [-0.3, -0.25) is 0 Å². The van der Waals surface area contributed by atoms with Gasteiger partial charge in [-0.1, -0.05) is 0 Å². The van der Waals surface area contributed by atoms with E-state index in [2.05, 4.69) is 14.9 Å². The zero-order chi connectivity index (χ0) is 15.7. The highest BCUT2D eigenvalue weighted by Crippen LogP contribution is 2.28. The highest BCUT2D eigenvalue weighted by atomic mass is 32.2. The van der Waals surface area contributed by atoms with Crippen molar-refractivity contribution in [1.82, 2.24) is 9.97 Å². The molecule has 0 N–H and O–H groups in total. The van der Waals surface area contributed by atoms with Crippen molar-refractivity contribution in [2.75, 3.05) is 31.4 Å². The molecule has 1 aliphatic heterocycles. The van der Waals surface area contributed by atoms with Crippen molar-refractivity contribution >= 4 is 26.6 Å². The largest absolute Gasteiger partial charge is 0.380 e. The number of piperidine rings is 1. The third-order valence-electron chi connectivity index (χ3n) is 4.02. The Hall–Kier alpha value is -1.73. The molecule has 2 aromatic rings. The number of benzene rings is 1. The molecule has 0 aliphatic carbocycles. The Morgan fingerprint density at radius 3 is 2.86 bits per heavy atom. The molecule has 1 fully saturated rings. The molecule has 1 aromatic heterocycles. The van der Waals surface area contributed by atoms with Crippen LogP contribution in [-0.4, -0.2) is 50.9 Å². The Morgan fingerprint density at radius 2 is 2.14 bits per heavy atom. The van der Waals surface area contributed by atoms with Crippen LogP contribution in [0, 0.1) is 0 Å². The van der Waals surface area contributed by atoms with E-state index in [0.717, 1.165) is 42.7 Å². The zero-order valence-corrected chi connectivity index (χ0v) is 13.5. The van der Waals surface area contributed by atoms with E-state index in [-0.39, 0.29) is 11.0 Å². The summed E-state index contributed by atoms with van der Waals surface area (Å²) in [6, 6.07) is 4.98. The molecular weight excluding hydrogens is 302 g/mol. The maximum Gasteiger partial charge on any atom is 0.175 e. The molecule has 1 atom stereocenters. The van der Waals surface area contributed by atoms with Gasteiger partial charge in [-0.05, 0) is 31.0 Å². The molecule has 0 spiro atoms. The molecule has 1 aromatic carbocycles. The molecule has 1 saturated heterocycles. The molecule has 22 heavy (non-hydrogen) atoms. The lowest BCUT2D eigenvalue weighted by Gasteiger charge is -2.33. The van der Waals surface area contributed by atoms with Gasteiger partial charge in [0.1, 0.15) is 12.1 Å². The van der Waals surface area contributed by atoms with Gasteiger partial charge in [0.05, 0.1) is 16.5 Å². The van der Waals surface area contributed by atoms with Gasteiger partial charge >= 0.3 is 0 Å². The van der Waals surface area contributed by atoms with Gasteiger partial charge in [0.25, 0.3) is 0 Å². The summed E-state index contributed by atoms with van der Waals surface area (Å²) in [6.45, 7) is 1.64. The number of anilines is 1. The summed E-state index contributed by atoms with van der Waals surface area (Å²) in [5.74, 6) is 0.775. The molecular formula is C15H19N3O3S. The predicted octanol–water partition coefficient (Wildman–Crippen LogP) is 1.65. The van der Waals surface area contributed by atoms with Crippen molar-refractivity contribution in [3.8, 4) is 0 Å². The Balaban J connectivity index is 2.09. The lowest BCUT2D eigenvalue weighted by molar-refractivity contribution is 0.0892. The van der Waals surface area contributed by atoms with E-state index in [9.17, 15) is 8.42 Å². The average Bonchev–Trinajstić information content (AvgIpc) is 2.53. The van der Waals surface area contributed by atoms with Crippen molar-refractivity contribution in [1.29, 1.82) is 0 Å². The highest BCUT2D eigenvalue weighted by molar-refractivity contribution is 7.90. The number of fused-ring (bicyclic) bond motifs is 1. The summed E-state index contributed by atoms with van der Waals surface area (Å²) in [6.07, 6.45) is 4.96. The predicted molar refractivity (Wildman–Crippen MR) is 84.9 cm³/mol. The molecule has 1 unspecified atom stereocenters. The third kappa shape index (κ3) is 2.91. The molecule has 0 bridgehead atoms. The van der Waals surface area contributed by atoms with E-state index in [0.29, 0.717) is 0 Å². The molecule has 7 heteroatoms. The first-order valence-electron chi connectivity index (χ1n) is 7.21. The lowest BCUT2D eigenvalue weighted by atomic mass is 10.1. The van der Waals surface area contributed by atoms with Gasteiger partial charge in [0.2, 0.25) is 0 Å². The fourth-order valence-corrected chi connectivity index (χ4v) is 3.47. The molecule has 6 nitrogen and oxygen atoms in total. The molecule has 0 saturated carbocycles. The Bertz CT molecular complexity index is 792. The molecule has 1 aliphatic rings. The summed E-state index contributed by atoms with van der Waals surface area (Å²) in [7, 11) is -1.54. The minimum atomic E-state index is -3.26. The number of hydrogen-bond acceptors (Lipinski definition) is 6. The number of aromatic nitrogens is 2. The van der Waals surface area contributed by atoms with E-state index in [1.165, 1.54) is 12.6 Å². The van der Waals surface area contributed by atoms with Crippen molar-refractivity contribution in [3.05, 3.63) is 24.5 Å². The van der Waals surface area contributed by atoms with Gasteiger partial charge in [0.15, 0.2) is 9.84 Å². The van der Waals surface area contributed by atoms with Gasteiger partial charge in [-0.15, -0.1) is 0 Å². The van der Waals surface area contributed by atoms with Crippen LogP contribution in [0.2, 0.25) is 0 Å². The minimum absolute atomic E-state index is 0.178. The standard InChI is InChI=1S/C15H19N3O3S/c1-21-11-4-3-7-18(9-11)15-13-8-12(22(2,19)20)5-6-14(13)16-10-17-15/h5-6,8,10-11H,3-4,7,9H2,1-2H3. The SMILES string of the molecule is COC1CCCN(c2ncnc3ccc(S(C)(=O)=O)cc23)C1. The number of nitrogens with zero attached hydrogens (tertiary/aromatic N) is 3. The smallest absolute Gasteiger partial charge is 0.175 e. The number of rotatable bonds is 3. The van der Waals surface area contributed by atoms with Crippen LogP contribution >= 0.6 is 0 Å². The topological polar surface area (TPSA) is 72.4 Å². The average molecular weight is 321 g/mol. The van der Waals surface area contributed by atoms with Crippen LogP contribution in [0.3, 0.4) is 0 Å². The number of hydrogen-bond donors (Lipinski definition) is 0. The van der Waals surface area contributed by atoms with Crippen LogP contribution in [-0.2, 0) is 14.6 Å². The van der Waals surface area contributed by atoms with Crippen LogP contribution in [0.15, 0.2) is 29.4 Å². The van der Waals surface area contributed by atoms with Crippen molar-refractivity contribution in [2.45, 2.75) is 23.8 Å². The lowest BCUT2D eigenvalue weighted by Crippen LogP contribution is -2.39. The highest BCUT2D eigenvalue weighted by Gasteiger charge is 2.22. The maximum absolute atomic E-state index is 11.8. The molecule has 0 radical (unpaired) electrons.